The molecule has 110 valence electrons. The molecule has 0 fully saturated rings. The third-order valence-corrected chi connectivity index (χ3v) is 3.04. The van der Waals surface area contributed by atoms with Crippen molar-refractivity contribution in [3.05, 3.63) is 35.9 Å². The highest BCUT2D eigenvalue weighted by molar-refractivity contribution is 5.82. The maximum absolute atomic E-state index is 12.0. The molecule has 0 heterocycles. The number of carboxylic acid groups (broad SMARTS) is 1. The average molecular weight is 278 g/mol. The number of carbonyl (C=O) groups excluding carboxylic acids is 1. The van der Waals surface area contributed by atoms with Gasteiger partial charge in [0.15, 0.2) is 0 Å². The second-order valence-corrected chi connectivity index (χ2v) is 4.89. The lowest BCUT2D eigenvalue weighted by Gasteiger charge is -2.19. The molecule has 0 aliphatic carbocycles. The maximum atomic E-state index is 12.0. The van der Waals surface area contributed by atoms with Crippen molar-refractivity contribution in [3.63, 3.8) is 0 Å². The van der Waals surface area contributed by atoms with Crippen molar-refractivity contribution in [2.45, 2.75) is 44.7 Å². The molecule has 2 atom stereocenters. The summed E-state index contributed by atoms with van der Waals surface area (Å²) in [5, 5.41) is 11.5. The quantitative estimate of drug-likeness (QED) is 0.668. The lowest BCUT2D eigenvalue weighted by molar-refractivity contribution is -0.137. The van der Waals surface area contributed by atoms with Gasteiger partial charge in [-0.3, -0.25) is 9.59 Å². The Hall–Kier alpha value is -1.88. The smallest absolute Gasteiger partial charge is 0.305 e. The SMILES string of the molecule is CCCC(CC(=O)O)NC(=O)[C@@H](N)Cc1ccccc1. The van der Waals surface area contributed by atoms with Gasteiger partial charge in [-0.05, 0) is 18.4 Å². The van der Waals surface area contributed by atoms with Crippen molar-refractivity contribution in [2.24, 2.45) is 5.73 Å². The molecule has 5 heteroatoms. The molecule has 0 aliphatic rings. The van der Waals surface area contributed by atoms with Crippen LogP contribution in [0.3, 0.4) is 0 Å². The number of nitrogens with two attached hydrogens (primary N) is 1. The molecule has 5 nitrogen and oxygen atoms in total. The lowest BCUT2D eigenvalue weighted by Crippen LogP contribution is -2.47. The van der Waals surface area contributed by atoms with E-state index in [9.17, 15) is 9.59 Å². The van der Waals surface area contributed by atoms with E-state index < -0.39 is 12.0 Å². The maximum Gasteiger partial charge on any atom is 0.305 e. The van der Waals surface area contributed by atoms with Crippen LogP contribution in [0.1, 0.15) is 31.7 Å². The van der Waals surface area contributed by atoms with Crippen LogP contribution in [0.25, 0.3) is 0 Å². The van der Waals surface area contributed by atoms with Gasteiger partial charge in [-0.25, -0.2) is 0 Å². The molecular weight excluding hydrogens is 256 g/mol. The van der Waals surface area contributed by atoms with Gasteiger partial charge in [-0.1, -0.05) is 43.7 Å². The molecular formula is C15H22N2O3. The van der Waals surface area contributed by atoms with E-state index in [4.69, 9.17) is 10.8 Å². The Morgan fingerprint density at radius 2 is 1.95 bits per heavy atom. The van der Waals surface area contributed by atoms with Crippen LogP contribution < -0.4 is 11.1 Å². The minimum atomic E-state index is -0.916. The van der Waals surface area contributed by atoms with Gasteiger partial charge in [-0.15, -0.1) is 0 Å². The van der Waals surface area contributed by atoms with E-state index in [0.717, 1.165) is 12.0 Å². The van der Waals surface area contributed by atoms with E-state index in [1.165, 1.54) is 0 Å². The number of nitrogens with one attached hydrogen (secondary N) is 1. The van der Waals surface area contributed by atoms with Crippen molar-refractivity contribution in [2.75, 3.05) is 0 Å². The Labute approximate surface area is 119 Å². The van der Waals surface area contributed by atoms with Gasteiger partial charge < -0.3 is 16.2 Å². The topological polar surface area (TPSA) is 92.4 Å². The van der Waals surface area contributed by atoms with Crippen molar-refractivity contribution >= 4 is 11.9 Å². The Balaban J connectivity index is 2.52. The summed E-state index contributed by atoms with van der Waals surface area (Å²) in [6, 6.07) is 8.49. The fourth-order valence-corrected chi connectivity index (χ4v) is 2.05. The van der Waals surface area contributed by atoms with Crippen LogP contribution in [0.4, 0.5) is 0 Å². The summed E-state index contributed by atoms with van der Waals surface area (Å²) in [6.45, 7) is 1.95. The minimum absolute atomic E-state index is 0.0718. The first-order valence-corrected chi connectivity index (χ1v) is 6.84. The largest absolute Gasteiger partial charge is 0.481 e. The fraction of sp³-hybridized carbons (Fsp3) is 0.467. The fourth-order valence-electron chi connectivity index (χ4n) is 2.05. The minimum Gasteiger partial charge on any atom is -0.481 e. The number of benzene rings is 1. The Morgan fingerprint density at radius 1 is 1.30 bits per heavy atom. The summed E-state index contributed by atoms with van der Waals surface area (Å²) in [5.41, 5.74) is 6.85. The highest BCUT2D eigenvalue weighted by Gasteiger charge is 2.19. The molecule has 0 saturated carbocycles. The van der Waals surface area contributed by atoms with E-state index in [1.54, 1.807) is 0 Å². The predicted molar refractivity (Wildman–Crippen MR) is 77.2 cm³/mol. The van der Waals surface area contributed by atoms with Gasteiger partial charge in [0, 0.05) is 6.04 Å². The van der Waals surface area contributed by atoms with Crippen molar-refractivity contribution in [1.82, 2.24) is 5.32 Å². The van der Waals surface area contributed by atoms with E-state index in [-0.39, 0.29) is 18.4 Å². The van der Waals surface area contributed by atoms with E-state index in [0.29, 0.717) is 12.8 Å². The summed E-state index contributed by atoms with van der Waals surface area (Å²) in [4.78, 5) is 22.7. The second-order valence-electron chi connectivity index (χ2n) is 4.89. The summed E-state index contributed by atoms with van der Waals surface area (Å²) in [7, 11) is 0. The zero-order valence-electron chi connectivity index (χ0n) is 11.7. The number of hydrogen-bond donors (Lipinski definition) is 3. The number of carbonyl (C=O) groups is 2. The van der Waals surface area contributed by atoms with E-state index in [2.05, 4.69) is 5.32 Å². The normalized spacial score (nSPS) is 13.5. The van der Waals surface area contributed by atoms with E-state index >= 15 is 0 Å². The molecule has 4 N–H and O–H groups in total. The number of amides is 1. The van der Waals surface area contributed by atoms with Crippen molar-refractivity contribution in [1.29, 1.82) is 0 Å². The average Bonchev–Trinajstić information content (AvgIpc) is 2.39. The van der Waals surface area contributed by atoms with Crippen LogP contribution in [0.5, 0.6) is 0 Å². The van der Waals surface area contributed by atoms with Crippen LogP contribution in [-0.4, -0.2) is 29.1 Å². The van der Waals surface area contributed by atoms with Crippen LogP contribution in [0.2, 0.25) is 0 Å². The number of aliphatic carboxylic acids is 1. The van der Waals surface area contributed by atoms with Crippen molar-refractivity contribution in [3.8, 4) is 0 Å². The third kappa shape index (κ3) is 5.84. The molecule has 1 rings (SSSR count). The summed E-state index contributed by atoms with van der Waals surface area (Å²) >= 11 is 0. The molecule has 20 heavy (non-hydrogen) atoms. The van der Waals surface area contributed by atoms with Crippen LogP contribution in [0, 0.1) is 0 Å². The molecule has 0 bridgehead atoms. The Kier molecular flexibility index (Phi) is 6.73. The monoisotopic (exact) mass is 278 g/mol. The van der Waals surface area contributed by atoms with Crippen molar-refractivity contribution < 1.29 is 14.7 Å². The highest BCUT2D eigenvalue weighted by Crippen LogP contribution is 2.05. The molecule has 1 aromatic rings. The first-order valence-electron chi connectivity index (χ1n) is 6.84. The van der Waals surface area contributed by atoms with E-state index in [1.807, 2.05) is 37.3 Å². The molecule has 0 spiro atoms. The van der Waals surface area contributed by atoms with Gasteiger partial charge >= 0.3 is 5.97 Å². The molecule has 0 saturated heterocycles. The predicted octanol–water partition coefficient (Wildman–Crippen LogP) is 1.32. The summed E-state index contributed by atoms with van der Waals surface area (Å²) in [5.74, 6) is -1.21. The highest BCUT2D eigenvalue weighted by atomic mass is 16.4. The van der Waals surface area contributed by atoms with Gasteiger partial charge in [0.05, 0.1) is 12.5 Å². The van der Waals surface area contributed by atoms with Gasteiger partial charge in [-0.2, -0.15) is 0 Å². The number of hydrogen-bond acceptors (Lipinski definition) is 3. The zero-order valence-corrected chi connectivity index (χ0v) is 11.7. The van der Waals surface area contributed by atoms with Crippen LogP contribution in [-0.2, 0) is 16.0 Å². The molecule has 0 aliphatic heterocycles. The Bertz CT molecular complexity index is 434. The molecule has 1 unspecified atom stereocenters. The summed E-state index contributed by atoms with van der Waals surface area (Å²) < 4.78 is 0. The molecule has 1 amide bonds. The third-order valence-electron chi connectivity index (χ3n) is 3.04. The van der Waals surface area contributed by atoms with Gasteiger partial charge in [0.1, 0.15) is 0 Å². The number of carboxylic acids is 1. The second kappa shape index (κ2) is 8.32. The standard InChI is InChI=1S/C15H22N2O3/c1-2-6-12(10-14(18)19)17-15(20)13(16)9-11-7-4-3-5-8-11/h3-5,7-8,12-13H,2,6,9-10,16H2,1H3,(H,17,20)(H,18,19)/t12?,13-/m0/s1. The molecule has 0 aromatic heterocycles. The Morgan fingerprint density at radius 3 is 2.50 bits per heavy atom. The number of rotatable bonds is 8. The van der Waals surface area contributed by atoms with Crippen LogP contribution in [0.15, 0.2) is 30.3 Å². The molecule has 0 radical (unpaired) electrons. The first-order chi connectivity index (χ1) is 9.52. The van der Waals surface area contributed by atoms with Gasteiger partial charge in [0.25, 0.3) is 0 Å². The van der Waals surface area contributed by atoms with Gasteiger partial charge in [0.2, 0.25) is 5.91 Å². The van der Waals surface area contributed by atoms with Crippen LogP contribution >= 0.6 is 0 Å². The molecule has 1 aromatic carbocycles. The lowest BCUT2D eigenvalue weighted by atomic mass is 10.0. The summed E-state index contributed by atoms with van der Waals surface area (Å²) in [6.07, 6.45) is 1.82. The first kappa shape index (κ1) is 16.2. The zero-order chi connectivity index (χ0) is 15.0.